The number of amides is 2. The second-order valence-electron chi connectivity index (χ2n) is 11.6. The summed E-state index contributed by atoms with van der Waals surface area (Å²) in [6.07, 6.45) is -2.19. The molecule has 9 nitrogen and oxygen atoms in total. The molecule has 2 aromatic rings. The van der Waals surface area contributed by atoms with Crippen molar-refractivity contribution in [3.63, 3.8) is 0 Å². The average molecular weight is 575 g/mol. The Kier molecular flexibility index (Phi) is 10.1. The van der Waals surface area contributed by atoms with Gasteiger partial charge >= 0.3 is 5.97 Å². The van der Waals surface area contributed by atoms with Gasteiger partial charge in [0.2, 0.25) is 5.91 Å². The van der Waals surface area contributed by atoms with Crippen molar-refractivity contribution in [3.8, 4) is 11.5 Å². The fraction of sp³-hybridized carbons (Fsp3) is 0.500. The first-order valence-electron chi connectivity index (χ1n) is 13.2. The molecular formula is C30H39ClN2O7. The normalized spacial score (nSPS) is 18.1. The number of benzene rings is 2. The molecule has 0 aromatic heterocycles. The van der Waals surface area contributed by atoms with Crippen LogP contribution < -0.4 is 19.7 Å². The fourth-order valence-corrected chi connectivity index (χ4v) is 5.00. The molecule has 0 saturated heterocycles. The SMILES string of the molecule is COc1cccc([C@H]2O[C@H](CC(=O)N[C@H](CC(C)C)C(=O)O)C(=O)N(CC(C)(C)C)c3ccc(Cl)cc32)c1OC. The number of nitrogens with one attached hydrogen (secondary N) is 1. The molecule has 0 aliphatic carbocycles. The number of para-hydroxylation sites is 1. The van der Waals surface area contributed by atoms with Crippen LogP contribution in [0.1, 0.15) is 64.7 Å². The summed E-state index contributed by atoms with van der Waals surface area (Å²) in [5, 5.41) is 12.6. The molecule has 0 radical (unpaired) electrons. The Balaban J connectivity index is 2.13. The van der Waals surface area contributed by atoms with E-state index in [0.29, 0.717) is 39.9 Å². The number of ether oxygens (including phenoxy) is 3. The second kappa shape index (κ2) is 12.9. The van der Waals surface area contributed by atoms with Gasteiger partial charge in [-0.3, -0.25) is 9.59 Å². The van der Waals surface area contributed by atoms with Gasteiger partial charge in [-0.1, -0.05) is 58.4 Å². The highest BCUT2D eigenvalue weighted by atomic mass is 35.5. The number of hydrogen-bond acceptors (Lipinski definition) is 6. The van der Waals surface area contributed by atoms with Crippen molar-refractivity contribution in [1.82, 2.24) is 5.32 Å². The number of fused-ring (bicyclic) bond motifs is 1. The number of methoxy groups -OCH3 is 2. The Morgan fingerprint density at radius 3 is 2.40 bits per heavy atom. The molecular weight excluding hydrogens is 536 g/mol. The maximum absolute atomic E-state index is 14.1. The summed E-state index contributed by atoms with van der Waals surface area (Å²) in [7, 11) is 3.04. The topological polar surface area (TPSA) is 114 Å². The van der Waals surface area contributed by atoms with Crippen LogP contribution >= 0.6 is 11.6 Å². The summed E-state index contributed by atoms with van der Waals surface area (Å²) in [6, 6.07) is 9.49. The van der Waals surface area contributed by atoms with E-state index in [1.54, 1.807) is 41.3 Å². The Labute approximate surface area is 240 Å². The predicted octanol–water partition coefficient (Wildman–Crippen LogP) is 5.23. The summed E-state index contributed by atoms with van der Waals surface area (Å²) < 4.78 is 17.7. The van der Waals surface area contributed by atoms with E-state index in [1.807, 2.05) is 34.6 Å². The first-order chi connectivity index (χ1) is 18.7. The monoisotopic (exact) mass is 574 g/mol. The van der Waals surface area contributed by atoms with Gasteiger partial charge in [0, 0.05) is 28.4 Å². The number of halogens is 1. The molecule has 1 aliphatic heterocycles. The molecule has 0 saturated carbocycles. The standard InChI is InChI=1S/C30H39ClN2O7/c1-17(2)13-21(29(36)37)32-25(34)15-24-28(35)33(16-30(3,4)5)22-12-11-18(31)14-20(22)26(40-24)19-9-8-10-23(38-6)27(19)39-7/h8-12,14,17,21,24,26H,13,15-16H2,1-7H3,(H,32,34)(H,36,37)/t21-,24-,26-/m1/s1. The maximum atomic E-state index is 14.1. The van der Waals surface area contributed by atoms with Gasteiger partial charge in [-0.05, 0) is 42.0 Å². The van der Waals surface area contributed by atoms with E-state index in [2.05, 4.69) is 5.32 Å². The summed E-state index contributed by atoms with van der Waals surface area (Å²) in [6.45, 7) is 10.1. The molecule has 2 aromatic carbocycles. The lowest BCUT2D eigenvalue weighted by Crippen LogP contribution is -2.47. The number of carbonyl (C=O) groups excluding carboxylic acids is 2. The summed E-state index contributed by atoms with van der Waals surface area (Å²) in [5.74, 6) is -1.20. The molecule has 10 heteroatoms. The minimum atomic E-state index is -1.22. The average Bonchev–Trinajstić information content (AvgIpc) is 2.96. The van der Waals surface area contributed by atoms with Crippen molar-refractivity contribution >= 4 is 35.1 Å². The number of anilines is 1. The molecule has 1 heterocycles. The highest BCUT2D eigenvalue weighted by Crippen LogP contribution is 2.45. The van der Waals surface area contributed by atoms with Gasteiger partial charge < -0.3 is 29.5 Å². The summed E-state index contributed by atoms with van der Waals surface area (Å²) in [5.41, 5.74) is 1.52. The quantitative estimate of drug-likeness (QED) is 0.399. The van der Waals surface area contributed by atoms with Crippen molar-refractivity contribution < 1.29 is 33.7 Å². The van der Waals surface area contributed by atoms with Gasteiger partial charge in [-0.2, -0.15) is 0 Å². The summed E-state index contributed by atoms with van der Waals surface area (Å²) in [4.78, 5) is 40.6. The van der Waals surface area contributed by atoms with Crippen molar-refractivity contribution in [2.45, 2.75) is 65.7 Å². The molecule has 218 valence electrons. The highest BCUT2D eigenvalue weighted by molar-refractivity contribution is 6.30. The van der Waals surface area contributed by atoms with Gasteiger partial charge in [-0.15, -0.1) is 0 Å². The molecule has 0 spiro atoms. The van der Waals surface area contributed by atoms with Crippen LogP contribution in [0.15, 0.2) is 36.4 Å². The second-order valence-corrected chi connectivity index (χ2v) is 12.0. The Bertz CT molecular complexity index is 1240. The van der Waals surface area contributed by atoms with Crippen molar-refractivity contribution in [3.05, 3.63) is 52.5 Å². The highest BCUT2D eigenvalue weighted by Gasteiger charge is 2.40. The van der Waals surface area contributed by atoms with Crippen LogP contribution in [0.3, 0.4) is 0 Å². The van der Waals surface area contributed by atoms with Crippen LogP contribution in [-0.4, -0.2) is 55.8 Å². The van der Waals surface area contributed by atoms with Gasteiger partial charge in [-0.25, -0.2) is 4.79 Å². The molecule has 3 atom stereocenters. The number of carboxylic acid groups (broad SMARTS) is 1. The van der Waals surface area contributed by atoms with E-state index >= 15 is 0 Å². The maximum Gasteiger partial charge on any atom is 0.326 e. The van der Waals surface area contributed by atoms with E-state index in [9.17, 15) is 19.5 Å². The van der Waals surface area contributed by atoms with Gasteiger partial charge in [0.1, 0.15) is 18.2 Å². The number of carboxylic acids is 1. The minimum Gasteiger partial charge on any atom is -0.493 e. The van der Waals surface area contributed by atoms with E-state index < -0.39 is 36.0 Å². The van der Waals surface area contributed by atoms with Crippen molar-refractivity contribution in [1.29, 1.82) is 0 Å². The number of rotatable bonds is 10. The first kappa shape index (κ1) is 31.2. The molecule has 40 heavy (non-hydrogen) atoms. The first-order valence-corrected chi connectivity index (χ1v) is 13.6. The van der Waals surface area contributed by atoms with Crippen LogP contribution in [0.25, 0.3) is 0 Å². The Morgan fingerprint density at radius 2 is 1.82 bits per heavy atom. The number of hydrogen-bond donors (Lipinski definition) is 2. The lowest BCUT2D eigenvalue weighted by molar-refractivity contribution is -0.144. The Morgan fingerprint density at radius 1 is 1.12 bits per heavy atom. The minimum absolute atomic E-state index is 0.0450. The third-order valence-electron chi connectivity index (χ3n) is 6.46. The fourth-order valence-electron chi connectivity index (χ4n) is 4.82. The smallest absolute Gasteiger partial charge is 0.326 e. The number of nitrogens with zero attached hydrogens (tertiary/aromatic N) is 1. The van der Waals surface area contributed by atoms with E-state index in [-0.39, 0.29) is 24.2 Å². The lowest BCUT2D eigenvalue weighted by Gasteiger charge is -2.31. The number of aliphatic carboxylic acids is 1. The molecule has 3 rings (SSSR count). The third kappa shape index (κ3) is 7.46. The predicted molar refractivity (Wildman–Crippen MR) is 153 cm³/mol. The van der Waals surface area contributed by atoms with Crippen LogP contribution in [0.4, 0.5) is 5.69 Å². The van der Waals surface area contributed by atoms with Crippen LogP contribution in [0.5, 0.6) is 11.5 Å². The van der Waals surface area contributed by atoms with Gasteiger partial charge in [0.15, 0.2) is 11.5 Å². The number of carbonyl (C=O) groups is 3. The molecule has 1 aliphatic rings. The Hall–Kier alpha value is -3.30. The molecule has 2 amide bonds. The zero-order chi connectivity index (χ0) is 29.8. The molecule has 2 N–H and O–H groups in total. The van der Waals surface area contributed by atoms with Crippen LogP contribution in [0, 0.1) is 11.3 Å². The zero-order valence-corrected chi connectivity index (χ0v) is 24.9. The van der Waals surface area contributed by atoms with Crippen LogP contribution in [-0.2, 0) is 19.1 Å². The van der Waals surface area contributed by atoms with Crippen molar-refractivity contribution in [2.75, 3.05) is 25.7 Å². The van der Waals surface area contributed by atoms with E-state index in [4.69, 9.17) is 25.8 Å². The van der Waals surface area contributed by atoms with E-state index in [0.717, 1.165) is 0 Å². The lowest BCUT2D eigenvalue weighted by atomic mass is 9.94. The van der Waals surface area contributed by atoms with E-state index in [1.165, 1.54) is 14.2 Å². The third-order valence-corrected chi connectivity index (χ3v) is 6.70. The summed E-state index contributed by atoms with van der Waals surface area (Å²) >= 11 is 6.45. The van der Waals surface area contributed by atoms with Crippen LogP contribution in [0.2, 0.25) is 5.02 Å². The largest absolute Gasteiger partial charge is 0.493 e. The van der Waals surface area contributed by atoms with Crippen molar-refractivity contribution in [2.24, 2.45) is 11.3 Å². The van der Waals surface area contributed by atoms with Gasteiger partial charge in [0.25, 0.3) is 5.91 Å². The zero-order valence-electron chi connectivity index (χ0n) is 24.1. The van der Waals surface area contributed by atoms with Gasteiger partial charge in [0.05, 0.1) is 20.6 Å². The molecule has 0 fully saturated rings. The molecule has 0 bridgehead atoms. The molecule has 0 unspecified atom stereocenters.